The summed E-state index contributed by atoms with van der Waals surface area (Å²) in [6, 6.07) is 15.5. The fourth-order valence-electron chi connectivity index (χ4n) is 3.27. The molecule has 0 radical (unpaired) electrons. The fraction of sp³-hybridized carbons (Fsp3) is 0.333. The minimum Gasteiger partial charge on any atom is -0.350 e. The van der Waals surface area contributed by atoms with Gasteiger partial charge in [0, 0.05) is 25.1 Å². The average Bonchev–Trinajstić information content (AvgIpc) is 3.05. The third kappa shape index (κ3) is 3.58. The van der Waals surface area contributed by atoms with Gasteiger partial charge in [0.2, 0.25) is 11.8 Å². The molecule has 0 unspecified atom stereocenters. The molecule has 2 amide bonds. The van der Waals surface area contributed by atoms with Gasteiger partial charge in [-0.15, -0.1) is 0 Å². The number of carbonyl (C=O) groups is 2. The van der Waals surface area contributed by atoms with Crippen molar-refractivity contribution in [2.45, 2.75) is 45.7 Å². The number of rotatable bonds is 5. The molecule has 0 saturated carbocycles. The van der Waals surface area contributed by atoms with Gasteiger partial charge in [-0.1, -0.05) is 56.3 Å². The minimum atomic E-state index is -0.459. The first-order valence-corrected chi connectivity index (χ1v) is 8.89. The van der Waals surface area contributed by atoms with Crippen LogP contribution in [0.3, 0.4) is 0 Å². The van der Waals surface area contributed by atoms with Crippen LogP contribution in [0.5, 0.6) is 0 Å². The molecule has 0 fully saturated rings. The second kappa shape index (κ2) is 7.51. The molecule has 2 aromatic carbocycles. The number of hydrogen-bond donors (Lipinski definition) is 1. The molecule has 4 heteroatoms. The summed E-state index contributed by atoms with van der Waals surface area (Å²) in [5.41, 5.74) is 4.26. The van der Waals surface area contributed by atoms with Crippen molar-refractivity contribution in [2.75, 3.05) is 4.90 Å². The van der Waals surface area contributed by atoms with E-state index in [1.165, 1.54) is 5.56 Å². The summed E-state index contributed by atoms with van der Waals surface area (Å²) < 4.78 is 0. The third-order valence-electron chi connectivity index (χ3n) is 4.75. The highest BCUT2D eigenvalue weighted by atomic mass is 16.2. The lowest BCUT2D eigenvalue weighted by Gasteiger charge is -2.24. The van der Waals surface area contributed by atoms with E-state index in [1.54, 1.807) is 4.90 Å². The highest BCUT2D eigenvalue weighted by molar-refractivity contribution is 6.03. The standard InChI is InChI=1S/C21H24N2O2/c1-3-15-9-11-16(12-10-15)14-22-21(25)19-13-17-7-5-6-8-18(17)23(19)20(24)4-2/h5-12,19H,3-4,13-14H2,1-2H3,(H,22,25)/t19-/m1/s1. The summed E-state index contributed by atoms with van der Waals surface area (Å²) in [6.45, 7) is 4.42. The summed E-state index contributed by atoms with van der Waals surface area (Å²) in [5.74, 6) is -0.116. The summed E-state index contributed by atoms with van der Waals surface area (Å²) in [7, 11) is 0. The number of para-hydroxylation sites is 1. The normalized spacial score (nSPS) is 15.8. The highest BCUT2D eigenvalue weighted by Crippen LogP contribution is 2.32. The van der Waals surface area contributed by atoms with Crippen LogP contribution < -0.4 is 10.2 Å². The molecule has 130 valence electrons. The summed E-state index contributed by atoms with van der Waals surface area (Å²) in [4.78, 5) is 26.8. The van der Waals surface area contributed by atoms with Gasteiger partial charge in [0.1, 0.15) is 6.04 Å². The lowest BCUT2D eigenvalue weighted by molar-refractivity contribution is -0.126. The predicted octanol–water partition coefficient (Wildman–Crippen LogP) is 3.23. The Morgan fingerprint density at radius 2 is 1.72 bits per heavy atom. The van der Waals surface area contributed by atoms with Gasteiger partial charge in [-0.3, -0.25) is 14.5 Å². The Bertz CT molecular complexity index is 768. The summed E-state index contributed by atoms with van der Waals surface area (Å²) >= 11 is 0. The number of anilines is 1. The lowest BCUT2D eigenvalue weighted by Crippen LogP contribution is -2.47. The number of nitrogens with zero attached hydrogens (tertiary/aromatic N) is 1. The Labute approximate surface area is 148 Å². The average molecular weight is 336 g/mol. The number of aryl methyl sites for hydroxylation is 1. The van der Waals surface area contributed by atoms with Gasteiger partial charge in [-0.25, -0.2) is 0 Å². The van der Waals surface area contributed by atoms with E-state index in [0.29, 0.717) is 19.4 Å². The zero-order valence-corrected chi connectivity index (χ0v) is 14.8. The zero-order chi connectivity index (χ0) is 17.8. The SMILES string of the molecule is CCC(=O)N1c2ccccc2C[C@@H]1C(=O)NCc1ccc(CC)cc1. The smallest absolute Gasteiger partial charge is 0.243 e. The maximum absolute atomic E-state index is 12.7. The van der Waals surface area contributed by atoms with Crippen molar-refractivity contribution in [3.05, 3.63) is 65.2 Å². The Kier molecular flexibility index (Phi) is 5.17. The Hall–Kier alpha value is -2.62. The second-order valence-corrected chi connectivity index (χ2v) is 6.35. The number of hydrogen-bond acceptors (Lipinski definition) is 2. The maximum atomic E-state index is 12.7. The molecule has 3 rings (SSSR count). The third-order valence-corrected chi connectivity index (χ3v) is 4.75. The van der Waals surface area contributed by atoms with E-state index < -0.39 is 6.04 Å². The zero-order valence-electron chi connectivity index (χ0n) is 14.8. The molecule has 25 heavy (non-hydrogen) atoms. The van der Waals surface area contributed by atoms with Crippen LogP contribution in [0.25, 0.3) is 0 Å². The van der Waals surface area contributed by atoms with E-state index >= 15 is 0 Å². The number of fused-ring (bicyclic) bond motifs is 1. The van der Waals surface area contributed by atoms with Gasteiger partial charge in [0.15, 0.2) is 0 Å². The van der Waals surface area contributed by atoms with Crippen LogP contribution in [-0.2, 0) is 29.0 Å². The van der Waals surface area contributed by atoms with E-state index in [1.807, 2.05) is 43.3 Å². The Morgan fingerprint density at radius 1 is 1.04 bits per heavy atom. The van der Waals surface area contributed by atoms with Crippen molar-refractivity contribution in [3.8, 4) is 0 Å². The van der Waals surface area contributed by atoms with Crippen LogP contribution in [0.1, 0.15) is 37.0 Å². The van der Waals surface area contributed by atoms with Crippen LogP contribution in [0.2, 0.25) is 0 Å². The van der Waals surface area contributed by atoms with Gasteiger partial charge < -0.3 is 5.32 Å². The van der Waals surface area contributed by atoms with E-state index in [9.17, 15) is 9.59 Å². The van der Waals surface area contributed by atoms with E-state index in [-0.39, 0.29) is 11.8 Å². The van der Waals surface area contributed by atoms with Gasteiger partial charge in [-0.05, 0) is 29.2 Å². The molecule has 0 aliphatic carbocycles. The van der Waals surface area contributed by atoms with Gasteiger partial charge in [0.05, 0.1) is 0 Å². The van der Waals surface area contributed by atoms with E-state index in [4.69, 9.17) is 0 Å². The molecule has 0 bridgehead atoms. The first-order valence-electron chi connectivity index (χ1n) is 8.89. The fourth-order valence-corrected chi connectivity index (χ4v) is 3.27. The quantitative estimate of drug-likeness (QED) is 0.911. The van der Waals surface area contributed by atoms with Crippen molar-refractivity contribution in [3.63, 3.8) is 0 Å². The molecule has 2 aromatic rings. The van der Waals surface area contributed by atoms with Crippen LogP contribution in [-0.4, -0.2) is 17.9 Å². The molecule has 4 nitrogen and oxygen atoms in total. The Balaban J connectivity index is 1.71. The monoisotopic (exact) mass is 336 g/mol. The van der Waals surface area contributed by atoms with Crippen LogP contribution >= 0.6 is 0 Å². The number of nitrogens with one attached hydrogen (secondary N) is 1. The van der Waals surface area contributed by atoms with Crippen LogP contribution in [0.15, 0.2) is 48.5 Å². The molecule has 1 aliphatic rings. The number of amides is 2. The van der Waals surface area contributed by atoms with E-state index in [2.05, 4.69) is 24.4 Å². The first-order chi connectivity index (χ1) is 12.1. The van der Waals surface area contributed by atoms with E-state index in [0.717, 1.165) is 23.2 Å². The second-order valence-electron chi connectivity index (χ2n) is 6.35. The minimum absolute atomic E-state index is 0.0163. The molecular weight excluding hydrogens is 312 g/mol. The molecular formula is C21H24N2O2. The van der Waals surface area contributed by atoms with Gasteiger partial charge in [0.25, 0.3) is 0 Å². The largest absolute Gasteiger partial charge is 0.350 e. The van der Waals surface area contributed by atoms with Gasteiger partial charge in [-0.2, -0.15) is 0 Å². The van der Waals surface area contributed by atoms with Crippen molar-refractivity contribution in [2.24, 2.45) is 0 Å². The highest BCUT2D eigenvalue weighted by Gasteiger charge is 2.37. The molecule has 0 spiro atoms. The number of carbonyl (C=O) groups excluding carboxylic acids is 2. The topological polar surface area (TPSA) is 49.4 Å². The lowest BCUT2D eigenvalue weighted by atomic mass is 10.1. The maximum Gasteiger partial charge on any atom is 0.243 e. The Morgan fingerprint density at radius 3 is 2.40 bits per heavy atom. The van der Waals surface area contributed by atoms with Crippen molar-refractivity contribution >= 4 is 17.5 Å². The summed E-state index contributed by atoms with van der Waals surface area (Å²) in [5, 5.41) is 2.99. The van der Waals surface area contributed by atoms with Crippen LogP contribution in [0.4, 0.5) is 5.69 Å². The van der Waals surface area contributed by atoms with Crippen molar-refractivity contribution in [1.29, 1.82) is 0 Å². The molecule has 0 aromatic heterocycles. The first kappa shape index (κ1) is 17.2. The molecule has 1 heterocycles. The number of benzene rings is 2. The predicted molar refractivity (Wildman–Crippen MR) is 99.4 cm³/mol. The molecule has 1 aliphatic heterocycles. The molecule has 0 saturated heterocycles. The summed E-state index contributed by atoms with van der Waals surface area (Å²) in [6.07, 6.45) is 1.96. The van der Waals surface area contributed by atoms with Crippen LogP contribution in [0, 0.1) is 0 Å². The molecule has 1 atom stereocenters. The van der Waals surface area contributed by atoms with Gasteiger partial charge >= 0.3 is 0 Å². The molecule has 1 N–H and O–H groups in total. The van der Waals surface area contributed by atoms with Crippen molar-refractivity contribution < 1.29 is 9.59 Å². The van der Waals surface area contributed by atoms with Crippen molar-refractivity contribution in [1.82, 2.24) is 5.32 Å².